The molecule has 0 aromatic heterocycles. The highest BCUT2D eigenvalue weighted by atomic mass is 79.9. The maximum absolute atomic E-state index is 13.6. The largest absolute Gasteiger partial charge is 0.321 e. The van der Waals surface area contributed by atoms with Crippen molar-refractivity contribution in [3.05, 3.63) is 62.3 Å². The third-order valence-electron chi connectivity index (χ3n) is 2.39. The Labute approximate surface area is 127 Å². The Kier molecular flexibility index (Phi) is 4.45. The predicted octanol–water partition coefficient (Wildman–Crippen LogP) is 5.15. The molecule has 19 heavy (non-hydrogen) atoms. The molecular formula is C13H7BrCl2FNO. The van der Waals surface area contributed by atoms with Crippen LogP contribution in [-0.4, -0.2) is 5.91 Å². The fourth-order valence-electron chi connectivity index (χ4n) is 1.50. The van der Waals surface area contributed by atoms with E-state index in [1.807, 2.05) is 0 Å². The van der Waals surface area contributed by atoms with Gasteiger partial charge in [0.25, 0.3) is 5.91 Å². The molecule has 2 aromatic carbocycles. The summed E-state index contributed by atoms with van der Waals surface area (Å²) in [5.74, 6) is -1.31. The van der Waals surface area contributed by atoms with E-state index in [0.717, 1.165) is 0 Å². The molecule has 0 atom stereocenters. The Morgan fingerprint density at radius 3 is 2.42 bits per heavy atom. The molecule has 2 nitrogen and oxygen atoms in total. The fourth-order valence-corrected chi connectivity index (χ4v) is 2.29. The van der Waals surface area contributed by atoms with Crippen LogP contribution in [0.1, 0.15) is 10.4 Å². The van der Waals surface area contributed by atoms with Gasteiger partial charge in [-0.3, -0.25) is 4.79 Å². The molecule has 1 N–H and O–H groups in total. The van der Waals surface area contributed by atoms with Gasteiger partial charge < -0.3 is 5.32 Å². The van der Waals surface area contributed by atoms with Gasteiger partial charge in [-0.25, -0.2) is 4.39 Å². The lowest BCUT2D eigenvalue weighted by molar-refractivity contribution is 0.102. The summed E-state index contributed by atoms with van der Waals surface area (Å²) >= 11 is 15.0. The molecule has 1 amide bonds. The fraction of sp³-hybridized carbons (Fsp3) is 0. The van der Waals surface area contributed by atoms with Gasteiger partial charge in [-0.1, -0.05) is 35.3 Å². The molecule has 2 rings (SSSR count). The van der Waals surface area contributed by atoms with E-state index in [2.05, 4.69) is 21.2 Å². The van der Waals surface area contributed by atoms with Gasteiger partial charge in [0.15, 0.2) is 0 Å². The lowest BCUT2D eigenvalue weighted by Gasteiger charge is -2.10. The van der Waals surface area contributed by atoms with Gasteiger partial charge >= 0.3 is 0 Å². The summed E-state index contributed by atoms with van der Waals surface area (Å²) in [7, 11) is 0. The van der Waals surface area contributed by atoms with Crippen LogP contribution >= 0.6 is 39.1 Å². The van der Waals surface area contributed by atoms with Crippen LogP contribution in [0.15, 0.2) is 40.9 Å². The molecule has 0 aliphatic carbocycles. The average molecular weight is 363 g/mol. The maximum atomic E-state index is 13.6. The smallest absolute Gasteiger partial charge is 0.260 e. The first-order chi connectivity index (χ1) is 9.00. The Morgan fingerprint density at radius 1 is 1.11 bits per heavy atom. The number of carbonyl (C=O) groups is 1. The minimum atomic E-state index is -0.678. The first kappa shape index (κ1) is 14.3. The monoisotopic (exact) mass is 361 g/mol. The predicted molar refractivity (Wildman–Crippen MR) is 78.5 cm³/mol. The van der Waals surface area contributed by atoms with E-state index >= 15 is 0 Å². The van der Waals surface area contributed by atoms with Crippen molar-refractivity contribution in [1.82, 2.24) is 0 Å². The summed E-state index contributed by atoms with van der Waals surface area (Å²) in [6.45, 7) is 0. The van der Waals surface area contributed by atoms with Crippen LogP contribution in [0.4, 0.5) is 10.1 Å². The van der Waals surface area contributed by atoms with Crippen LogP contribution in [0.2, 0.25) is 10.0 Å². The molecule has 0 bridgehead atoms. The molecule has 0 saturated heterocycles. The molecule has 0 saturated carbocycles. The quantitative estimate of drug-likeness (QED) is 0.786. The highest BCUT2D eigenvalue weighted by molar-refractivity contribution is 9.10. The van der Waals surface area contributed by atoms with Crippen molar-refractivity contribution < 1.29 is 9.18 Å². The van der Waals surface area contributed by atoms with Crippen molar-refractivity contribution in [1.29, 1.82) is 0 Å². The SMILES string of the molecule is O=C(Nc1cccc(Cl)c1Br)c1c(F)cccc1Cl. The van der Waals surface area contributed by atoms with Gasteiger partial charge in [0.05, 0.1) is 25.8 Å². The van der Waals surface area contributed by atoms with Gasteiger partial charge in [-0.15, -0.1) is 0 Å². The van der Waals surface area contributed by atoms with Crippen molar-refractivity contribution in [2.24, 2.45) is 0 Å². The van der Waals surface area contributed by atoms with Crippen LogP contribution in [0, 0.1) is 5.82 Å². The number of hydrogen-bond donors (Lipinski definition) is 1. The summed E-state index contributed by atoms with van der Waals surface area (Å²) in [6.07, 6.45) is 0. The number of benzene rings is 2. The number of hydrogen-bond acceptors (Lipinski definition) is 1. The van der Waals surface area contributed by atoms with E-state index in [-0.39, 0.29) is 10.6 Å². The molecule has 0 radical (unpaired) electrons. The van der Waals surface area contributed by atoms with Crippen LogP contribution in [0.25, 0.3) is 0 Å². The molecule has 2 aromatic rings. The van der Waals surface area contributed by atoms with Crippen molar-refractivity contribution in [3.8, 4) is 0 Å². The number of carbonyl (C=O) groups excluding carboxylic acids is 1. The van der Waals surface area contributed by atoms with E-state index in [1.54, 1.807) is 18.2 Å². The molecular weight excluding hydrogens is 356 g/mol. The van der Waals surface area contributed by atoms with Gasteiger partial charge in [0.2, 0.25) is 0 Å². The summed E-state index contributed by atoms with van der Waals surface area (Å²) < 4.78 is 14.1. The number of halogens is 4. The van der Waals surface area contributed by atoms with Crippen LogP contribution in [0.3, 0.4) is 0 Å². The maximum Gasteiger partial charge on any atom is 0.260 e. The molecule has 0 heterocycles. The van der Waals surface area contributed by atoms with Crippen molar-refractivity contribution in [3.63, 3.8) is 0 Å². The second-order valence-corrected chi connectivity index (χ2v) is 5.26. The third-order valence-corrected chi connectivity index (χ3v) is 4.10. The zero-order valence-corrected chi connectivity index (χ0v) is 12.5. The lowest BCUT2D eigenvalue weighted by atomic mass is 10.2. The molecule has 0 aliphatic rings. The topological polar surface area (TPSA) is 29.1 Å². The molecule has 0 aliphatic heterocycles. The lowest BCUT2D eigenvalue weighted by Crippen LogP contribution is -2.14. The minimum absolute atomic E-state index is 0.0515. The second-order valence-electron chi connectivity index (χ2n) is 3.65. The zero-order chi connectivity index (χ0) is 14.0. The first-order valence-electron chi connectivity index (χ1n) is 5.20. The Bertz CT molecular complexity index is 628. The van der Waals surface area contributed by atoms with Crippen molar-refractivity contribution in [2.75, 3.05) is 5.32 Å². The number of amides is 1. The average Bonchev–Trinajstić information content (AvgIpc) is 2.35. The summed E-state index contributed by atoms with van der Waals surface area (Å²) in [5, 5.41) is 3.05. The highest BCUT2D eigenvalue weighted by Gasteiger charge is 2.17. The second kappa shape index (κ2) is 5.90. The van der Waals surface area contributed by atoms with Gasteiger partial charge in [-0.2, -0.15) is 0 Å². The van der Waals surface area contributed by atoms with Crippen molar-refractivity contribution >= 4 is 50.7 Å². The van der Waals surface area contributed by atoms with Gasteiger partial charge in [0, 0.05) is 0 Å². The summed E-state index contributed by atoms with van der Waals surface area (Å²) in [6, 6.07) is 9.04. The Morgan fingerprint density at radius 2 is 1.74 bits per heavy atom. The van der Waals surface area contributed by atoms with E-state index < -0.39 is 11.7 Å². The molecule has 98 valence electrons. The van der Waals surface area contributed by atoms with E-state index in [9.17, 15) is 9.18 Å². The van der Waals surface area contributed by atoms with Crippen LogP contribution in [-0.2, 0) is 0 Å². The number of nitrogens with one attached hydrogen (secondary N) is 1. The van der Waals surface area contributed by atoms with Crippen LogP contribution < -0.4 is 5.32 Å². The number of anilines is 1. The molecule has 6 heteroatoms. The third kappa shape index (κ3) is 3.08. The van der Waals surface area contributed by atoms with Gasteiger partial charge in [-0.05, 0) is 40.2 Å². The van der Waals surface area contributed by atoms with E-state index in [0.29, 0.717) is 15.2 Å². The van der Waals surface area contributed by atoms with E-state index in [1.165, 1.54) is 18.2 Å². The van der Waals surface area contributed by atoms with Crippen LogP contribution in [0.5, 0.6) is 0 Å². The highest BCUT2D eigenvalue weighted by Crippen LogP contribution is 2.31. The Hall–Kier alpha value is -1.10. The minimum Gasteiger partial charge on any atom is -0.321 e. The molecule has 0 fully saturated rings. The van der Waals surface area contributed by atoms with E-state index in [4.69, 9.17) is 23.2 Å². The molecule has 0 spiro atoms. The normalized spacial score (nSPS) is 10.3. The van der Waals surface area contributed by atoms with Crippen molar-refractivity contribution in [2.45, 2.75) is 0 Å². The summed E-state index contributed by atoms with van der Waals surface area (Å²) in [4.78, 5) is 12.0. The van der Waals surface area contributed by atoms with Gasteiger partial charge in [0.1, 0.15) is 5.82 Å². The number of rotatable bonds is 2. The zero-order valence-electron chi connectivity index (χ0n) is 9.38. The summed E-state index contributed by atoms with van der Waals surface area (Å²) in [5.41, 5.74) is 0.243. The first-order valence-corrected chi connectivity index (χ1v) is 6.75. The standard InChI is InChI=1S/C13H7BrCl2FNO/c14-12-8(16)4-2-6-10(12)18-13(19)11-7(15)3-1-5-9(11)17/h1-6H,(H,18,19). The Balaban J connectivity index is 2.34. The molecule has 0 unspecified atom stereocenters.